The van der Waals surface area contributed by atoms with Gasteiger partial charge in [-0.3, -0.25) is 14.0 Å². The summed E-state index contributed by atoms with van der Waals surface area (Å²) in [5.74, 6) is -0.660. The molecule has 1 atom stereocenters. The molecule has 0 saturated carbocycles. The molecule has 0 aliphatic carbocycles. The van der Waals surface area contributed by atoms with Crippen LogP contribution in [0.25, 0.3) is 5.65 Å². The molecule has 0 bridgehead atoms. The summed E-state index contributed by atoms with van der Waals surface area (Å²) in [6.45, 7) is 5.50. The molecule has 5 heteroatoms. The van der Waals surface area contributed by atoms with E-state index in [0.717, 1.165) is 0 Å². The van der Waals surface area contributed by atoms with Crippen LogP contribution in [-0.4, -0.2) is 15.3 Å². The summed E-state index contributed by atoms with van der Waals surface area (Å²) in [4.78, 5) is 28.8. The standard InChI is InChI=1S/C14H13N3O2/c1-8-7-10(13(18)15-8)12-9(2)16-11-5-3-4-6-17(11)14(12)19/h3-6,10H,1,7H2,2H3,(H,15,18). The van der Waals surface area contributed by atoms with Crippen molar-refractivity contribution >= 4 is 11.6 Å². The Morgan fingerprint density at radius 3 is 2.89 bits per heavy atom. The van der Waals surface area contributed by atoms with Gasteiger partial charge in [0.2, 0.25) is 5.91 Å². The third-order valence-corrected chi connectivity index (χ3v) is 3.38. The second-order valence-electron chi connectivity index (χ2n) is 4.69. The summed E-state index contributed by atoms with van der Waals surface area (Å²) in [5, 5.41) is 2.66. The van der Waals surface area contributed by atoms with Gasteiger partial charge in [0.25, 0.3) is 5.56 Å². The highest BCUT2D eigenvalue weighted by Crippen LogP contribution is 2.27. The molecule has 1 fully saturated rings. The molecule has 2 aromatic heterocycles. The summed E-state index contributed by atoms with van der Waals surface area (Å²) in [6.07, 6.45) is 2.12. The SMILES string of the molecule is C=C1CC(c2c(C)nc3ccccn3c2=O)C(=O)N1. The normalized spacial score (nSPS) is 18.9. The third-order valence-electron chi connectivity index (χ3n) is 3.38. The monoisotopic (exact) mass is 255 g/mol. The Labute approximate surface area is 109 Å². The number of carbonyl (C=O) groups is 1. The Balaban J connectivity index is 2.27. The maximum Gasteiger partial charge on any atom is 0.262 e. The second kappa shape index (κ2) is 4.05. The van der Waals surface area contributed by atoms with E-state index in [9.17, 15) is 9.59 Å². The van der Waals surface area contributed by atoms with E-state index in [1.165, 1.54) is 4.40 Å². The summed E-state index contributed by atoms with van der Waals surface area (Å²) >= 11 is 0. The van der Waals surface area contributed by atoms with Crippen LogP contribution in [0, 0.1) is 6.92 Å². The molecule has 2 aromatic rings. The lowest BCUT2D eigenvalue weighted by atomic mass is 9.97. The van der Waals surface area contributed by atoms with E-state index in [4.69, 9.17) is 0 Å². The number of allylic oxidation sites excluding steroid dienone is 1. The number of carbonyl (C=O) groups excluding carboxylic acids is 1. The fourth-order valence-electron chi connectivity index (χ4n) is 2.50. The number of aryl methyl sites for hydroxylation is 1. The van der Waals surface area contributed by atoms with Gasteiger partial charge in [-0.1, -0.05) is 12.6 Å². The van der Waals surface area contributed by atoms with E-state index in [1.807, 2.05) is 6.07 Å². The van der Waals surface area contributed by atoms with Crippen molar-refractivity contribution in [2.75, 3.05) is 0 Å². The first kappa shape index (κ1) is 11.6. The number of amides is 1. The smallest absolute Gasteiger partial charge is 0.262 e. The van der Waals surface area contributed by atoms with Gasteiger partial charge in [-0.2, -0.15) is 0 Å². The van der Waals surface area contributed by atoms with Crippen molar-refractivity contribution in [3.05, 3.63) is 58.3 Å². The molecule has 1 aliphatic heterocycles. The van der Waals surface area contributed by atoms with Crippen LogP contribution in [-0.2, 0) is 4.79 Å². The average Bonchev–Trinajstić information content (AvgIpc) is 2.68. The van der Waals surface area contributed by atoms with Crippen LogP contribution in [0.15, 0.2) is 41.5 Å². The maximum absolute atomic E-state index is 12.5. The molecular weight excluding hydrogens is 242 g/mol. The van der Waals surface area contributed by atoms with Crippen LogP contribution in [0.5, 0.6) is 0 Å². The zero-order valence-electron chi connectivity index (χ0n) is 10.5. The van der Waals surface area contributed by atoms with Gasteiger partial charge in [-0.15, -0.1) is 0 Å². The van der Waals surface area contributed by atoms with Crippen molar-refractivity contribution in [1.29, 1.82) is 0 Å². The Bertz CT molecular complexity index is 761. The Kier molecular flexibility index (Phi) is 2.48. The van der Waals surface area contributed by atoms with Crippen molar-refractivity contribution in [2.45, 2.75) is 19.3 Å². The number of nitrogens with one attached hydrogen (secondary N) is 1. The van der Waals surface area contributed by atoms with Gasteiger partial charge in [0.15, 0.2) is 0 Å². The highest BCUT2D eigenvalue weighted by molar-refractivity contribution is 5.88. The number of rotatable bonds is 1. The van der Waals surface area contributed by atoms with E-state index in [-0.39, 0.29) is 11.5 Å². The molecule has 0 aromatic carbocycles. The Hall–Kier alpha value is -2.43. The highest BCUT2D eigenvalue weighted by Gasteiger charge is 2.32. The van der Waals surface area contributed by atoms with E-state index in [2.05, 4.69) is 16.9 Å². The van der Waals surface area contributed by atoms with Crippen LogP contribution >= 0.6 is 0 Å². The summed E-state index contributed by atoms with van der Waals surface area (Å²) < 4.78 is 1.47. The number of nitrogens with zero attached hydrogens (tertiary/aromatic N) is 2. The number of hydrogen-bond acceptors (Lipinski definition) is 3. The van der Waals surface area contributed by atoms with Crippen molar-refractivity contribution in [3.8, 4) is 0 Å². The zero-order valence-corrected chi connectivity index (χ0v) is 10.5. The number of hydrogen-bond donors (Lipinski definition) is 1. The minimum atomic E-state index is -0.482. The van der Waals surface area contributed by atoms with E-state index >= 15 is 0 Å². The quantitative estimate of drug-likeness (QED) is 0.830. The molecule has 5 nitrogen and oxygen atoms in total. The van der Waals surface area contributed by atoms with Crippen LogP contribution < -0.4 is 10.9 Å². The average molecular weight is 255 g/mol. The molecule has 3 heterocycles. The van der Waals surface area contributed by atoms with Crippen molar-refractivity contribution in [3.63, 3.8) is 0 Å². The molecule has 1 amide bonds. The molecule has 3 rings (SSSR count). The lowest BCUT2D eigenvalue weighted by molar-refractivity contribution is -0.120. The topological polar surface area (TPSA) is 63.5 Å². The minimum Gasteiger partial charge on any atom is -0.330 e. The van der Waals surface area contributed by atoms with E-state index in [0.29, 0.717) is 29.0 Å². The molecule has 0 radical (unpaired) electrons. The van der Waals surface area contributed by atoms with Crippen LogP contribution in [0.3, 0.4) is 0 Å². The van der Waals surface area contributed by atoms with Gasteiger partial charge in [-0.25, -0.2) is 4.98 Å². The van der Waals surface area contributed by atoms with Crippen LogP contribution in [0.4, 0.5) is 0 Å². The predicted molar refractivity (Wildman–Crippen MR) is 70.8 cm³/mol. The predicted octanol–water partition coefficient (Wildman–Crippen LogP) is 1.12. The number of aromatic nitrogens is 2. The van der Waals surface area contributed by atoms with Gasteiger partial charge < -0.3 is 5.32 Å². The summed E-state index contributed by atoms with van der Waals surface area (Å²) in [6, 6.07) is 5.36. The largest absolute Gasteiger partial charge is 0.330 e. The molecule has 19 heavy (non-hydrogen) atoms. The van der Waals surface area contributed by atoms with Crippen LogP contribution in [0.1, 0.15) is 23.6 Å². The van der Waals surface area contributed by atoms with Gasteiger partial charge in [0.1, 0.15) is 5.65 Å². The molecule has 1 saturated heterocycles. The molecule has 1 unspecified atom stereocenters. The minimum absolute atomic E-state index is 0.178. The fourth-order valence-corrected chi connectivity index (χ4v) is 2.50. The zero-order chi connectivity index (χ0) is 13.6. The molecule has 96 valence electrons. The number of fused-ring (bicyclic) bond motifs is 1. The maximum atomic E-state index is 12.5. The van der Waals surface area contributed by atoms with E-state index in [1.54, 1.807) is 25.3 Å². The highest BCUT2D eigenvalue weighted by atomic mass is 16.2. The molecule has 0 spiro atoms. The first-order valence-corrected chi connectivity index (χ1v) is 6.04. The summed E-state index contributed by atoms with van der Waals surface area (Å²) in [7, 11) is 0. The van der Waals surface area contributed by atoms with Gasteiger partial charge in [-0.05, 0) is 19.1 Å². The molecule has 1 N–H and O–H groups in total. The van der Waals surface area contributed by atoms with Crippen molar-refractivity contribution < 1.29 is 4.79 Å². The summed E-state index contributed by atoms with van der Waals surface area (Å²) in [5.41, 5.74) is 2.11. The lowest BCUT2D eigenvalue weighted by Crippen LogP contribution is -2.27. The van der Waals surface area contributed by atoms with Gasteiger partial charge in [0.05, 0.1) is 11.5 Å². The Morgan fingerprint density at radius 2 is 2.21 bits per heavy atom. The first-order valence-electron chi connectivity index (χ1n) is 6.04. The third kappa shape index (κ3) is 1.74. The van der Waals surface area contributed by atoms with E-state index < -0.39 is 5.92 Å². The van der Waals surface area contributed by atoms with Crippen molar-refractivity contribution in [2.24, 2.45) is 0 Å². The first-order chi connectivity index (χ1) is 9.08. The molecule has 1 aliphatic rings. The van der Waals surface area contributed by atoms with Gasteiger partial charge >= 0.3 is 0 Å². The number of pyridine rings is 1. The lowest BCUT2D eigenvalue weighted by Gasteiger charge is -2.11. The Morgan fingerprint density at radius 1 is 1.42 bits per heavy atom. The van der Waals surface area contributed by atoms with Crippen molar-refractivity contribution in [1.82, 2.24) is 14.7 Å². The fraction of sp³-hybridized carbons (Fsp3) is 0.214. The van der Waals surface area contributed by atoms with Crippen LogP contribution in [0.2, 0.25) is 0 Å². The van der Waals surface area contributed by atoms with Gasteiger partial charge in [0, 0.05) is 24.0 Å². The molecular formula is C14H13N3O2. The second-order valence-corrected chi connectivity index (χ2v) is 4.69.